The number of nitro benzene ring substituents is 2. The summed E-state index contributed by atoms with van der Waals surface area (Å²) in [5, 5.41) is 21.9. The van der Waals surface area contributed by atoms with E-state index in [4.69, 9.17) is 13.9 Å². The number of rotatable bonds is 9. The molecule has 0 saturated heterocycles. The summed E-state index contributed by atoms with van der Waals surface area (Å²) < 4.78 is 16.3. The molecule has 4 rings (SSSR count). The Kier molecular flexibility index (Phi) is 7.29. The Morgan fingerprint density at radius 1 is 0.757 bits per heavy atom. The van der Waals surface area contributed by atoms with Crippen LogP contribution in [0.25, 0.3) is 11.5 Å². The molecule has 3 aromatic carbocycles. The molecular weight excluding hydrogens is 486 g/mol. The summed E-state index contributed by atoms with van der Waals surface area (Å²) in [5.74, 6) is -1.39. The number of benzene rings is 3. The fourth-order valence-corrected chi connectivity index (χ4v) is 3.24. The van der Waals surface area contributed by atoms with E-state index in [0.717, 1.165) is 12.1 Å². The minimum absolute atomic E-state index is 0.0281. The Morgan fingerprint density at radius 2 is 1.30 bits per heavy atom. The van der Waals surface area contributed by atoms with E-state index in [2.05, 4.69) is 4.98 Å². The number of carbonyl (C=O) groups excluding carboxylic acids is 2. The van der Waals surface area contributed by atoms with Crippen molar-refractivity contribution in [1.82, 2.24) is 4.98 Å². The van der Waals surface area contributed by atoms with Gasteiger partial charge in [0.15, 0.2) is 12.4 Å². The third-order valence-corrected chi connectivity index (χ3v) is 5.06. The van der Waals surface area contributed by atoms with Crippen LogP contribution in [-0.4, -0.2) is 26.8 Å². The minimum Gasteiger partial charge on any atom is -0.455 e. The second kappa shape index (κ2) is 10.9. The number of oxazole rings is 1. The van der Waals surface area contributed by atoms with Crippen LogP contribution in [0.1, 0.15) is 32.2 Å². The van der Waals surface area contributed by atoms with E-state index in [1.807, 2.05) is 0 Å². The largest absolute Gasteiger partial charge is 0.455 e. The van der Waals surface area contributed by atoms with Gasteiger partial charge in [0.2, 0.25) is 5.89 Å². The number of nitrogens with zero attached hydrogens (tertiary/aromatic N) is 3. The van der Waals surface area contributed by atoms with Crippen LogP contribution in [0.4, 0.5) is 11.4 Å². The number of nitro groups is 2. The van der Waals surface area contributed by atoms with Crippen LogP contribution in [0.2, 0.25) is 0 Å². The fourth-order valence-electron chi connectivity index (χ4n) is 3.24. The average molecular weight is 503 g/mol. The zero-order valence-electron chi connectivity index (χ0n) is 18.9. The number of hydrogen-bond acceptors (Lipinski definition) is 10. The lowest BCUT2D eigenvalue weighted by atomic mass is 10.2. The molecule has 1 heterocycles. The Hall–Kier alpha value is -5.39. The Labute approximate surface area is 208 Å². The number of esters is 2. The van der Waals surface area contributed by atoms with Crippen molar-refractivity contribution in [2.75, 3.05) is 0 Å². The molecule has 37 heavy (non-hydrogen) atoms. The van der Waals surface area contributed by atoms with E-state index >= 15 is 0 Å². The highest BCUT2D eigenvalue weighted by Crippen LogP contribution is 2.24. The topological polar surface area (TPSA) is 165 Å². The van der Waals surface area contributed by atoms with Crippen LogP contribution in [0.15, 0.2) is 83.3 Å². The number of non-ortho nitro benzene ring substituents is 2. The molecule has 0 aliphatic heterocycles. The molecule has 0 aliphatic carbocycles. The molecule has 0 radical (unpaired) electrons. The van der Waals surface area contributed by atoms with Gasteiger partial charge >= 0.3 is 11.9 Å². The lowest BCUT2D eigenvalue weighted by molar-refractivity contribution is -0.385. The highest BCUT2D eigenvalue weighted by molar-refractivity contribution is 5.90. The Bertz CT molecular complexity index is 1390. The third-order valence-electron chi connectivity index (χ3n) is 5.06. The summed E-state index contributed by atoms with van der Waals surface area (Å²) in [6, 6.07) is 18.9. The molecule has 1 aromatic heterocycles. The summed E-state index contributed by atoms with van der Waals surface area (Å²) in [7, 11) is 0. The quantitative estimate of drug-likeness (QED) is 0.175. The first-order valence-electron chi connectivity index (χ1n) is 10.7. The molecule has 12 nitrogen and oxygen atoms in total. The van der Waals surface area contributed by atoms with Gasteiger partial charge in [-0.3, -0.25) is 20.2 Å². The van der Waals surface area contributed by atoms with Crippen LogP contribution < -0.4 is 0 Å². The maximum atomic E-state index is 12.5. The molecule has 0 fully saturated rings. The number of carbonyl (C=O) groups is 2. The van der Waals surface area contributed by atoms with Gasteiger partial charge in [0.05, 0.1) is 21.0 Å². The van der Waals surface area contributed by atoms with Gasteiger partial charge in [0.25, 0.3) is 11.4 Å². The van der Waals surface area contributed by atoms with E-state index < -0.39 is 28.4 Å². The molecule has 4 aromatic rings. The fraction of sp³-hybridized carbons (Fsp3) is 0.0800. The molecule has 0 aliphatic rings. The molecule has 0 bridgehead atoms. The summed E-state index contributed by atoms with van der Waals surface area (Å²) >= 11 is 0. The van der Waals surface area contributed by atoms with E-state index in [9.17, 15) is 29.8 Å². The van der Waals surface area contributed by atoms with Crippen LogP contribution in [0.3, 0.4) is 0 Å². The van der Waals surface area contributed by atoms with Gasteiger partial charge in [-0.1, -0.05) is 30.3 Å². The first-order valence-corrected chi connectivity index (χ1v) is 10.7. The highest BCUT2D eigenvalue weighted by Gasteiger charge is 2.20. The minimum atomic E-state index is -0.832. The van der Waals surface area contributed by atoms with Crippen molar-refractivity contribution in [2.24, 2.45) is 0 Å². The van der Waals surface area contributed by atoms with Crippen molar-refractivity contribution < 1.29 is 33.3 Å². The van der Waals surface area contributed by atoms with Gasteiger partial charge < -0.3 is 13.9 Å². The zero-order valence-corrected chi connectivity index (χ0v) is 18.9. The molecule has 0 amide bonds. The molecule has 0 N–H and O–H groups in total. The highest BCUT2D eigenvalue weighted by atomic mass is 16.6. The predicted molar refractivity (Wildman–Crippen MR) is 126 cm³/mol. The van der Waals surface area contributed by atoms with Gasteiger partial charge in [-0.05, 0) is 24.3 Å². The van der Waals surface area contributed by atoms with E-state index in [0.29, 0.717) is 5.56 Å². The summed E-state index contributed by atoms with van der Waals surface area (Å²) in [6.45, 7) is -0.771. The third kappa shape index (κ3) is 6.00. The molecule has 0 spiro atoms. The van der Waals surface area contributed by atoms with Crippen LogP contribution in [0.5, 0.6) is 0 Å². The van der Waals surface area contributed by atoms with Gasteiger partial charge in [0.1, 0.15) is 12.3 Å². The van der Waals surface area contributed by atoms with Gasteiger partial charge in [-0.15, -0.1) is 0 Å². The number of aromatic nitrogens is 1. The van der Waals surface area contributed by atoms with Crippen molar-refractivity contribution in [3.63, 3.8) is 0 Å². The van der Waals surface area contributed by atoms with Gasteiger partial charge in [-0.25, -0.2) is 14.6 Å². The van der Waals surface area contributed by atoms with E-state index in [-0.39, 0.29) is 46.5 Å². The first-order chi connectivity index (χ1) is 17.8. The molecule has 0 atom stereocenters. The van der Waals surface area contributed by atoms with Crippen LogP contribution in [-0.2, 0) is 22.7 Å². The SMILES string of the molecule is O=C(OCc1nc(-c2ccccc2)oc1COC(=O)c1cccc([N+](=O)[O-])c1)c1cccc([N+](=O)[O-])c1. The van der Waals surface area contributed by atoms with Crippen LogP contribution >= 0.6 is 0 Å². The molecule has 12 heteroatoms. The van der Waals surface area contributed by atoms with Crippen molar-refractivity contribution >= 4 is 23.3 Å². The maximum absolute atomic E-state index is 12.5. The lowest BCUT2D eigenvalue weighted by Gasteiger charge is -2.06. The standard InChI is InChI=1S/C25H17N3O9/c29-24(17-8-4-10-19(12-17)27(31)32)35-14-21-22(37-23(26-21)16-6-2-1-3-7-16)15-36-25(30)18-9-5-11-20(13-18)28(33)34/h1-13H,14-15H2. The van der Waals surface area contributed by atoms with Gasteiger partial charge in [0, 0.05) is 29.8 Å². The van der Waals surface area contributed by atoms with Crippen LogP contribution in [0, 0.1) is 20.2 Å². The number of hydrogen-bond donors (Lipinski definition) is 0. The molecule has 0 saturated carbocycles. The van der Waals surface area contributed by atoms with Gasteiger partial charge in [-0.2, -0.15) is 0 Å². The molecular formula is C25H17N3O9. The van der Waals surface area contributed by atoms with Crippen molar-refractivity contribution in [3.05, 3.63) is 122 Å². The monoisotopic (exact) mass is 503 g/mol. The summed E-state index contributed by atoms with van der Waals surface area (Å²) in [5.41, 5.74) is 0.176. The summed E-state index contributed by atoms with van der Waals surface area (Å²) in [6.07, 6.45) is 0. The molecule has 0 unspecified atom stereocenters. The van der Waals surface area contributed by atoms with E-state index in [1.54, 1.807) is 30.3 Å². The van der Waals surface area contributed by atoms with Crippen molar-refractivity contribution in [3.8, 4) is 11.5 Å². The van der Waals surface area contributed by atoms with Crippen molar-refractivity contribution in [1.29, 1.82) is 0 Å². The second-order valence-electron chi connectivity index (χ2n) is 7.52. The second-order valence-corrected chi connectivity index (χ2v) is 7.52. The van der Waals surface area contributed by atoms with Crippen molar-refractivity contribution in [2.45, 2.75) is 13.2 Å². The van der Waals surface area contributed by atoms with E-state index in [1.165, 1.54) is 36.4 Å². The Balaban J connectivity index is 1.53. The normalized spacial score (nSPS) is 10.5. The summed E-state index contributed by atoms with van der Waals surface area (Å²) in [4.78, 5) is 50.0. The lowest BCUT2D eigenvalue weighted by Crippen LogP contribution is -2.09. The predicted octanol–water partition coefficient (Wildman–Crippen LogP) is 4.87. The smallest absolute Gasteiger partial charge is 0.338 e. The maximum Gasteiger partial charge on any atom is 0.338 e. The average Bonchev–Trinajstić information content (AvgIpc) is 3.34. The molecule has 186 valence electrons. The Morgan fingerprint density at radius 3 is 1.84 bits per heavy atom. The zero-order chi connectivity index (χ0) is 26.4. The number of ether oxygens (including phenoxy) is 2. The first kappa shape index (κ1) is 24.7.